The van der Waals surface area contributed by atoms with Crippen molar-refractivity contribution >= 4 is 18.1 Å². The Kier molecular flexibility index (Phi) is 7.00. The summed E-state index contributed by atoms with van der Waals surface area (Å²) in [5.41, 5.74) is 6.61. The average molecular weight is 273 g/mol. The number of nitro benzene ring substituents is 1. The summed E-state index contributed by atoms with van der Waals surface area (Å²) in [7, 11) is 1.40. The van der Waals surface area contributed by atoms with Crippen molar-refractivity contribution in [2.24, 2.45) is 5.73 Å². The predicted octanol–water partition coefficient (Wildman–Crippen LogP) is 2.99. The van der Waals surface area contributed by atoms with Crippen molar-refractivity contribution in [2.75, 3.05) is 7.11 Å². The van der Waals surface area contributed by atoms with Crippen molar-refractivity contribution in [3.63, 3.8) is 0 Å². The maximum atomic E-state index is 10.8. The number of hydrogen-bond acceptors (Lipinski definition) is 4. The number of nitrogens with zero attached hydrogens (tertiary/aromatic N) is 1. The van der Waals surface area contributed by atoms with Crippen LogP contribution in [0.4, 0.5) is 5.69 Å². The second-order valence-corrected chi connectivity index (χ2v) is 3.66. The average Bonchev–Trinajstić information content (AvgIpc) is 2.34. The van der Waals surface area contributed by atoms with Crippen molar-refractivity contribution in [1.29, 1.82) is 0 Å². The fourth-order valence-electron chi connectivity index (χ4n) is 1.54. The Labute approximate surface area is 112 Å². The van der Waals surface area contributed by atoms with Crippen LogP contribution >= 0.6 is 12.4 Å². The lowest BCUT2D eigenvalue weighted by molar-refractivity contribution is -0.385. The first-order chi connectivity index (χ1) is 8.10. The van der Waals surface area contributed by atoms with Crippen LogP contribution in [-0.4, -0.2) is 12.0 Å². The number of nitrogens with two attached hydrogens (primary N) is 1. The van der Waals surface area contributed by atoms with E-state index in [1.165, 1.54) is 13.2 Å². The zero-order chi connectivity index (χ0) is 12.8. The van der Waals surface area contributed by atoms with E-state index in [1.807, 2.05) is 0 Å². The molecule has 0 aliphatic carbocycles. The second-order valence-electron chi connectivity index (χ2n) is 3.66. The zero-order valence-corrected chi connectivity index (χ0v) is 11.0. The van der Waals surface area contributed by atoms with E-state index in [0.29, 0.717) is 6.42 Å². The molecule has 1 atom stereocenters. The summed E-state index contributed by atoms with van der Waals surface area (Å²) in [5.74, 6) is 0.245. The van der Waals surface area contributed by atoms with E-state index in [4.69, 9.17) is 10.5 Å². The van der Waals surface area contributed by atoms with Crippen LogP contribution in [0.1, 0.15) is 24.4 Å². The lowest BCUT2D eigenvalue weighted by Gasteiger charge is -2.11. The molecule has 0 heterocycles. The molecular weight excluding hydrogens is 256 g/mol. The molecule has 6 heteroatoms. The standard InChI is InChI=1S/C12H16N2O3.ClH/c1-3-4-5-10(13)9-6-7-12(17-2)11(8-9)14(15)16;/h3,6-8,10H,1,4-5,13H2,2H3;1H/t10-;/m0./s1. The largest absolute Gasteiger partial charge is 0.490 e. The minimum absolute atomic E-state index is 0. The fraction of sp³-hybridized carbons (Fsp3) is 0.333. The highest BCUT2D eigenvalue weighted by Gasteiger charge is 2.17. The van der Waals surface area contributed by atoms with Crippen LogP contribution in [0.3, 0.4) is 0 Å². The molecule has 1 aromatic carbocycles. The van der Waals surface area contributed by atoms with Gasteiger partial charge in [-0.2, -0.15) is 0 Å². The summed E-state index contributed by atoms with van der Waals surface area (Å²) in [4.78, 5) is 10.4. The molecule has 18 heavy (non-hydrogen) atoms. The molecular formula is C12H17ClN2O3. The van der Waals surface area contributed by atoms with Gasteiger partial charge in [0.25, 0.3) is 0 Å². The van der Waals surface area contributed by atoms with E-state index in [-0.39, 0.29) is 29.9 Å². The van der Waals surface area contributed by atoms with E-state index in [9.17, 15) is 10.1 Å². The fourth-order valence-corrected chi connectivity index (χ4v) is 1.54. The molecule has 0 bridgehead atoms. The molecule has 2 N–H and O–H groups in total. The number of ether oxygens (including phenoxy) is 1. The van der Waals surface area contributed by atoms with Gasteiger partial charge in [-0.1, -0.05) is 12.1 Å². The van der Waals surface area contributed by atoms with E-state index in [2.05, 4.69) is 6.58 Å². The Balaban J connectivity index is 0.00000289. The van der Waals surface area contributed by atoms with Gasteiger partial charge >= 0.3 is 5.69 Å². The minimum atomic E-state index is -0.470. The first-order valence-electron chi connectivity index (χ1n) is 5.29. The molecule has 1 aromatic rings. The summed E-state index contributed by atoms with van der Waals surface area (Å²) in [6.07, 6.45) is 3.27. The number of hydrogen-bond donors (Lipinski definition) is 1. The van der Waals surface area contributed by atoms with Crippen molar-refractivity contribution in [1.82, 2.24) is 0 Å². The molecule has 0 aromatic heterocycles. The Bertz CT molecular complexity index is 424. The van der Waals surface area contributed by atoms with Crippen molar-refractivity contribution in [2.45, 2.75) is 18.9 Å². The lowest BCUT2D eigenvalue weighted by Crippen LogP contribution is -2.10. The van der Waals surface area contributed by atoms with Crippen LogP contribution in [0.15, 0.2) is 30.9 Å². The number of allylic oxidation sites excluding steroid dienone is 1. The summed E-state index contributed by atoms with van der Waals surface area (Å²) >= 11 is 0. The van der Waals surface area contributed by atoms with Gasteiger partial charge in [0.2, 0.25) is 0 Å². The van der Waals surface area contributed by atoms with Crippen LogP contribution in [0.5, 0.6) is 5.75 Å². The minimum Gasteiger partial charge on any atom is -0.490 e. The number of rotatable bonds is 6. The van der Waals surface area contributed by atoms with E-state index < -0.39 is 4.92 Å². The van der Waals surface area contributed by atoms with Crippen LogP contribution < -0.4 is 10.5 Å². The predicted molar refractivity (Wildman–Crippen MR) is 73.3 cm³/mol. The molecule has 0 amide bonds. The molecule has 1 rings (SSSR count). The zero-order valence-electron chi connectivity index (χ0n) is 10.2. The van der Waals surface area contributed by atoms with Gasteiger partial charge in [-0.05, 0) is 24.5 Å². The highest BCUT2D eigenvalue weighted by molar-refractivity contribution is 5.85. The topological polar surface area (TPSA) is 78.4 Å². The normalized spacial score (nSPS) is 11.2. The van der Waals surface area contributed by atoms with E-state index in [0.717, 1.165) is 12.0 Å². The number of methoxy groups -OCH3 is 1. The van der Waals surface area contributed by atoms with E-state index in [1.54, 1.807) is 18.2 Å². The second kappa shape index (κ2) is 7.68. The summed E-state index contributed by atoms with van der Waals surface area (Å²) < 4.78 is 4.92. The van der Waals surface area contributed by atoms with Crippen molar-refractivity contribution in [3.8, 4) is 5.75 Å². The van der Waals surface area contributed by atoms with Crippen LogP contribution in [0, 0.1) is 10.1 Å². The first kappa shape index (κ1) is 16.4. The van der Waals surface area contributed by atoms with Gasteiger partial charge in [-0.15, -0.1) is 19.0 Å². The van der Waals surface area contributed by atoms with Crippen molar-refractivity contribution in [3.05, 3.63) is 46.5 Å². The summed E-state index contributed by atoms with van der Waals surface area (Å²) in [6.45, 7) is 3.62. The van der Waals surface area contributed by atoms with Gasteiger partial charge in [0.15, 0.2) is 5.75 Å². The maximum absolute atomic E-state index is 10.8. The Morgan fingerprint density at radius 1 is 1.61 bits per heavy atom. The van der Waals surface area contributed by atoms with Crippen LogP contribution in [0.25, 0.3) is 0 Å². The summed E-state index contributed by atoms with van der Waals surface area (Å²) in [6, 6.07) is 4.56. The number of halogens is 1. The van der Waals surface area contributed by atoms with Gasteiger partial charge in [0.05, 0.1) is 12.0 Å². The smallest absolute Gasteiger partial charge is 0.311 e. The van der Waals surface area contributed by atoms with Gasteiger partial charge < -0.3 is 10.5 Å². The number of benzene rings is 1. The third-order valence-corrected chi connectivity index (χ3v) is 2.51. The highest BCUT2D eigenvalue weighted by Crippen LogP contribution is 2.30. The van der Waals surface area contributed by atoms with Crippen LogP contribution in [0.2, 0.25) is 0 Å². The number of nitro groups is 1. The quantitative estimate of drug-likeness (QED) is 0.490. The highest BCUT2D eigenvalue weighted by atomic mass is 35.5. The van der Waals surface area contributed by atoms with Gasteiger partial charge in [-0.3, -0.25) is 10.1 Å². The molecule has 0 fully saturated rings. The molecule has 0 radical (unpaired) electrons. The van der Waals surface area contributed by atoms with E-state index >= 15 is 0 Å². The lowest BCUT2D eigenvalue weighted by atomic mass is 10.0. The molecule has 100 valence electrons. The monoisotopic (exact) mass is 272 g/mol. The third kappa shape index (κ3) is 4.01. The SMILES string of the molecule is C=CCC[C@H](N)c1ccc(OC)c([N+](=O)[O-])c1.Cl. The molecule has 0 aliphatic heterocycles. The van der Waals surface area contributed by atoms with Crippen LogP contribution in [-0.2, 0) is 0 Å². The molecule has 0 aliphatic rings. The Morgan fingerprint density at radius 3 is 2.78 bits per heavy atom. The molecule has 0 unspecified atom stereocenters. The van der Waals surface area contributed by atoms with Gasteiger partial charge in [0, 0.05) is 12.1 Å². The Hall–Kier alpha value is -1.59. The summed E-state index contributed by atoms with van der Waals surface area (Å²) in [5, 5.41) is 10.8. The van der Waals surface area contributed by atoms with Gasteiger partial charge in [-0.25, -0.2) is 0 Å². The molecule has 0 saturated carbocycles. The maximum Gasteiger partial charge on any atom is 0.311 e. The molecule has 0 saturated heterocycles. The van der Waals surface area contributed by atoms with Gasteiger partial charge in [0.1, 0.15) is 0 Å². The molecule has 0 spiro atoms. The molecule has 5 nitrogen and oxygen atoms in total. The Morgan fingerprint density at radius 2 is 2.28 bits per heavy atom. The first-order valence-corrected chi connectivity index (χ1v) is 5.29. The van der Waals surface area contributed by atoms with Crippen molar-refractivity contribution < 1.29 is 9.66 Å². The third-order valence-electron chi connectivity index (χ3n) is 2.51.